The Morgan fingerprint density at radius 3 is 0.750 bits per heavy atom. The number of allylic oxidation sites excluding steroid dienone is 6. The molecular formula is C36H45ErF9O6. The molecule has 0 aliphatic heterocycles. The maximum atomic E-state index is 12.5. The molecular weight excluding hydrogens is 867 g/mol. The molecule has 6 atom stereocenters. The Morgan fingerprint density at radius 2 is 0.635 bits per heavy atom. The van der Waals surface area contributed by atoms with Gasteiger partial charge in [0, 0.05) is 70.3 Å². The first-order valence-electron chi connectivity index (χ1n) is 16.8. The van der Waals surface area contributed by atoms with Gasteiger partial charge in [-0.1, -0.05) is 62.3 Å². The van der Waals surface area contributed by atoms with Crippen molar-refractivity contribution in [2.45, 2.75) is 119 Å². The summed E-state index contributed by atoms with van der Waals surface area (Å²) in [6.07, 6.45) is -11.1. The average Bonchev–Trinajstić information content (AvgIpc) is 3.59. The summed E-state index contributed by atoms with van der Waals surface area (Å²) >= 11 is 0. The van der Waals surface area contributed by atoms with E-state index in [-0.39, 0.29) is 37.3 Å². The number of aliphatic hydroxyl groups is 3. The fraction of sp³-hybridized carbons (Fsp3) is 0.750. The topological polar surface area (TPSA) is 112 Å². The molecule has 3 N–H and O–H groups in total. The number of halogens is 9. The minimum absolute atomic E-state index is 0. The summed E-state index contributed by atoms with van der Waals surface area (Å²) in [5, 5.41) is 27.8. The minimum Gasteiger partial charge on any atom is -0.504 e. The molecule has 6 bridgehead atoms. The van der Waals surface area contributed by atoms with E-state index in [0.29, 0.717) is 38.5 Å². The van der Waals surface area contributed by atoms with Crippen molar-refractivity contribution >= 4 is 17.3 Å². The third-order valence-electron chi connectivity index (χ3n) is 14.5. The number of carbonyl (C=O) groups is 3. The van der Waals surface area contributed by atoms with Gasteiger partial charge in [0.25, 0.3) is 0 Å². The Balaban J connectivity index is 0.000000208. The van der Waals surface area contributed by atoms with Gasteiger partial charge in [0.05, 0.1) is 0 Å². The summed E-state index contributed by atoms with van der Waals surface area (Å²) in [6, 6.07) is 0. The SMILES string of the molecule is CC1(C)C2CC[C@@]1(C)C(=O)C2=C(O)C(F)(F)F.CC1(C)C2CC[C@@]1(C)C(=O)C2=C(O)C(F)(F)F.CC1(C)C2CC[C@@]1(C)C(=O)C2=C(O)C(F)(F)F.[Er]. The van der Waals surface area contributed by atoms with E-state index in [4.69, 9.17) is 0 Å². The zero-order chi connectivity index (χ0) is 39.7. The van der Waals surface area contributed by atoms with Gasteiger partial charge >= 0.3 is 18.5 Å². The molecule has 0 radical (unpaired) electrons. The summed E-state index contributed by atoms with van der Waals surface area (Å²) in [5.74, 6) is -8.13. The number of alkyl halides is 9. The van der Waals surface area contributed by atoms with Crippen LogP contribution in [0.15, 0.2) is 34.0 Å². The van der Waals surface area contributed by atoms with Crippen molar-refractivity contribution in [1.29, 1.82) is 0 Å². The molecule has 6 fully saturated rings. The standard InChI is InChI=1S/3C12H15F3O2.Er/c3*1-10(2)6-4-5-11(10,3)8(16)7(6)9(17)12(13,14)15;/h3*6,17H,4-5H2,1-3H3;/t3*6?,11-;/m000./s1. The van der Waals surface area contributed by atoms with Crippen LogP contribution in [0.1, 0.15) is 101 Å². The Bertz CT molecular complexity index is 1460. The van der Waals surface area contributed by atoms with Gasteiger partial charge in [-0.15, -0.1) is 0 Å². The molecule has 6 saturated carbocycles. The molecule has 0 amide bonds. The van der Waals surface area contributed by atoms with Gasteiger partial charge in [0.2, 0.25) is 17.3 Å². The molecule has 0 spiro atoms. The number of fused-ring (bicyclic) bond motifs is 6. The molecule has 6 aliphatic rings. The first kappa shape index (κ1) is 44.6. The molecule has 6 aliphatic carbocycles. The van der Waals surface area contributed by atoms with E-state index in [1.54, 1.807) is 62.3 Å². The first-order chi connectivity index (χ1) is 22.6. The second-order valence-electron chi connectivity index (χ2n) is 17.2. The molecule has 0 heterocycles. The summed E-state index contributed by atoms with van der Waals surface area (Å²) < 4.78 is 113. The van der Waals surface area contributed by atoms with E-state index in [1.807, 2.05) is 0 Å². The second-order valence-corrected chi connectivity index (χ2v) is 17.2. The Hall–Kier alpha value is -1.75. The summed E-state index contributed by atoms with van der Waals surface area (Å²) in [7, 11) is 0. The number of carbonyl (C=O) groups excluding carboxylic acids is 3. The minimum atomic E-state index is -4.83. The largest absolute Gasteiger partial charge is 0.504 e. The molecule has 0 aromatic heterocycles. The fourth-order valence-electron chi connectivity index (χ4n) is 9.88. The van der Waals surface area contributed by atoms with Gasteiger partial charge in [-0.3, -0.25) is 14.4 Å². The van der Waals surface area contributed by atoms with E-state index >= 15 is 0 Å². The van der Waals surface area contributed by atoms with E-state index in [2.05, 4.69) is 0 Å². The Morgan fingerprint density at radius 1 is 0.462 bits per heavy atom. The molecule has 6 rings (SSSR count). The molecule has 0 saturated heterocycles. The van der Waals surface area contributed by atoms with Crippen LogP contribution in [-0.4, -0.2) is 51.2 Å². The van der Waals surface area contributed by atoms with Crippen molar-refractivity contribution in [3.8, 4) is 0 Å². The zero-order valence-electron chi connectivity index (χ0n) is 30.2. The maximum absolute atomic E-state index is 12.5. The first-order valence-corrected chi connectivity index (χ1v) is 16.8. The van der Waals surface area contributed by atoms with Crippen LogP contribution in [0.3, 0.4) is 0 Å². The number of hydrogen-bond acceptors (Lipinski definition) is 6. The monoisotopic (exact) mass is 910 g/mol. The number of ketones is 3. The van der Waals surface area contributed by atoms with Gasteiger partial charge in [0.15, 0.2) is 17.3 Å². The smallest absolute Gasteiger partial charge is 0.449 e. The van der Waals surface area contributed by atoms with E-state index < -0.39 is 120 Å². The van der Waals surface area contributed by atoms with Crippen LogP contribution in [0.25, 0.3) is 0 Å². The third-order valence-corrected chi connectivity index (χ3v) is 14.5. The molecule has 0 aromatic rings. The van der Waals surface area contributed by atoms with E-state index in [1.165, 1.54) is 0 Å². The summed E-state index contributed by atoms with van der Waals surface area (Å²) in [5.41, 5.74) is -5.08. The van der Waals surface area contributed by atoms with Crippen LogP contribution in [-0.2, 0) is 14.4 Å². The van der Waals surface area contributed by atoms with Crippen LogP contribution in [0, 0.1) is 87.5 Å². The Kier molecular flexibility index (Phi) is 11.1. The molecule has 0 aromatic carbocycles. The number of aliphatic hydroxyl groups excluding tert-OH is 3. The summed E-state index contributed by atoms with van der Waals surface area (Å²) in [4.78, 5) is 36.2. The normalized spacial score (nSPS) is 38.0. The molecule has 52 heavy (non-hydrogen) atoms. The predicted molar refractivity (Wildman–Crippen MR) is 166 cm³/mol. The van der Waals surface area contributed by atoms with Crippen LogP contribution in [0.2, 0.25) is 0 Å². The molecule has 3 unspecified atom stereocenters. The number of rotatable bonds is 0. The third kappa shape index (κ3) is 6.07. The second kappa shape index (κ2) is 12.9. The van der Waals surface area contributed by atoms with Gasteiger partial charge < -0.3 is 15.3 Å². The van der Waals surface area contributed by atoms with Gasteiger partial charge in [-0.25, -0.2) is 0 Å². The molecule has 16 heteroatoms. The summed E-state index contributed by atoms with van der Waals surface area (Å²) in [6.45, 7) is 15.9. The number of Topliss-reactive ketones (excluding diaryl/α,β-unsaturated/α-hetero) is 3. The van der Waals surface area contributed by atoms with Crippen molar-refractivity contribution in [3.63, 3.8) is 0 Å². The van der Waals surface area contributed by atoms with Crippen molar-refractivity contribution < 1.29 is 107 Å². The van der Waals surface area contributed by atoms with Gasteiger partial charge in [0.1, 0.15) is 0 Å². The number of hydrogen-bond donors (Lipinski definition) is 3. The quantitative estimate of drug-likeness (QED) is 0.127. The van der Waals surface area contributed by atoms with Crippen molar-refractivity contribution in [1.82, 2.24) is 0 Å². The maximum Gasteiger partial charge on any atom is 0.449 e. The van der Waals surface area contributed by atoms with E-state index in [9.17, 15) is 69.2 Å². The molecule has 300 valence electrons. The molecule has 6 nitrogen and oxygen atoms in total. The van der Waals surface area contributed by atoms with E-state index in [0.717, 1.165) is 0 Å². The van der Waals surface area contributed by atoms with Crippen LogP contribution < -0.4 is 0 Å². The van der Waals surface area contributed by atoms with Gasteiger partial charge in [-0.05, 0) is 72.5 Å². The van der Waals surface area contributed by atoms with Crippen LogP contribution in [0.4, 0.5) is 39.5 Å². The predicted octanol–water partition coefficient (Wildman–Crippen LogP) is 10.2. The van der Waals surface area contributed by atoms with Crippen molar-refractivity contribution in [2.24, 2.45) is 50.2 Å². The van der Waals surface area contributed by atoms with Crippen LogP contribution in [0.5, 0.6) is 0 Å². The van der Waals surface area contributed by atoms with Crippen molar-refractivity contribution in [3.05, 3.63) is 34.0 Å². The van der Waals surface area contributed by atoms with Crippen LogP contribution >= 0.6 is 0 Å². The Labute approximate surface area is 325 Å². The fourth-order valence-corrected chi connectivity index (χ4v) is 9.88. The zero-order valence-corrected chi connectivity index (χ0v) is 32.1. The van der Waals surface area contributed by atoms with Gasteiger partial charge in [-0.2, -0.15) is 39.5 Å². The van der Waals surface area contributed by atoms with Crippen molar-refractivity contribution in [2.75, 3.05) is 0 Å². The average molecular weight is 912 g/mol.